The number of hydrogen-bond acceptors (Lipinski definition) is 2. The van der Waals surface area contributed by atoms with E-state index in [1.807, 2.05) is 72.3 Å². The van der Waals surface area contributed by atoms with Crippen LogP contribution in [0.5, 0.6) is 0 Å². The largest absolute Gasteiger partial charge is 0.300 e. The number of halogens is 1. The topological polar surface area (TPSA) is 39.8 Å². The summed E-state index contributed by atoms with van der Waals surface area (Å²) in [7, 11) is 0. The Kier molecular flexibility index (Phi) is 3.90. The fourth-order valence-corrected chi connectivity index (χ4v) is 3.14. The smallest absolute Gasteiger partial charge is 0.263 e. The summed E-state index contributed by atoms with van der Waals surface area (Å²) in [6, 6.07) is 17.4. The highest BCUT2D eigenvalue weighted by Crippen LogP contribution is 2.29. The predicted molar refractivity (Wildman–Crippen MR) is 101 cm³/mol. The number of hydrogen-bond donors (Lipinski definition) is 0. The van der Waals surface area contributed by atoms with Gasteiger partial charge in [-0.15, -0.1) is 0 Å². The first-order valence-electron chi connectivity index (χ1n) is 8.11. The molecule has 0 atom stereocenters. The molecule has 4 nitrogen and oxygen atoms in total. The van der Waals surface area contributed by atoms with E-state index in [1.54, 1.807) is 10.9 Å². The Morgan fingerprint density at radius 2 is 1.76 bits per heavy atom. The maximum absolute atomic E-state index is 12.9. The van der Waals surface area contributed by atoms with Gasteiger partial charge in [0.1, 0.15) is 0 Å². The second kappa shape index (κ2) is 6.22. The number of aryl methyl sites for hydroxylation is 1. The van der Waals surface area contributed by atoms with E-state index in [0.29, 0.717) is 22.6 Å². The van der Waals surface area contributed by atoms with Gasteiger partial charge in [0, 0.05) is 29.0 Å². The van der Waals surface area contributed by atoms with Crippen molar-refractivity contribution in [3.63, 3.8) is 0 Å². The first-order valence-corrected chi connectivity index (χ1v) is 8.48. The van der Waals surface area contributed by atoms with Gasteiger partial charge in [-0.2, -0.15) is 0 Å². The highest BCUT2D eigenvalue weighted by Gasteiger charge is 2.17. The van der Waals surface area contributed by atoms with Crippen LogP contribution in [-0.4, -0.2) is 14.1 Å². The van der Waals surface area contributed by atoms with E-state index in [9.17, 15) is 4.79 Å². The molecule has 2 aromatic carbocycles. The standard InChI is InChI=1S/C20H16ClN3O/c1-2-23-13-22-19-18(20(23)25)17(14-6-4-3-5-7-14)12-24(19)16-10-8-15(21)9-11-16/h3-13H,2H2,1H3. The highest BCUT2D eigenvalue weighted by molar-refractivity contribution is 6.30. The van der Waals surface area contributed by atoms with E-state index < -0.39 is 0 Å². The zero-order chi connectivity index (χ0) is 17.4. The lowest BCUT2D eigenvalue weighted by atomic mass is 10.1. The molecule has 4 rings (SSSR count). The average Bonchev–Trinajstić information content (AvgIpc) is 3.04. The fraction of sp³-hybridized carbons (Fsp3) is 0.100. The Balaban J connectivity index is 2.07. The summed E-state index contributed by atoms with van der Waals surface area (Å²) in [5, 5.41) is 1.30. The van der Waals surface area contributed by atoms with Crippen LogP contribution in [0.3, 0.4) is 0 Å². The van der Waals surface area contributed by atoms with E-state index in [-0.39, 0.29) is 5.56 Å². The molecule has 0 radical (unpaired) electrons. The number of nitrogens with zero attached hydrogens (tertiary/aromatic N) is 3. The van der Waals surface area contributed by atoms with Crippen LogP contribution in [0.15, 0.2) is 71.9 Å². The van der Waals surface area contributed by atoms with Gasteiger partial charge in [-0.25, -0.2) is 4.98 Å². The molecule has 0 aliphatic rings. The molecule has 124 valence electrons. The lowest BCUT2D eigenvalue weighted by Gasteiger charge is -2.05. The molecule has 2 aromatic heterocycles. The maximum atomic E-state index is 12.9. The van der Waals surface area contributed by atoms with Crippen LogP contribution >= 0.6 is 11.6 Å². The minimum atomic E-state index is -0.0286. The van der Waals surface area contributed by atoms with Gasteiger partial charge in [-0.05, 0) is 36.8 Å². The molecule has 25 heavy (non-hydrogen) atoms. The van der Waals surface area contributed by atoms with Gasteiger partial charge in [0.15, 0.2) is 5.65 Å². The van der Waals surface area contributed by atoms with Crippen LogP contribution in [0, 0.1) is 0 Å². The molecular formula is C20H16ClN3O. The third-order valence-electron chi connectivity index (χ3n) is 4.30. The van der Waals surface area contributed by atoms with Crippen LogP contribution in [-0.2, 0) is 6.54 Å². The minimum absolute atomic E-state index is 0.0286. The van der Waals surface area contributed by atoms with Crippen molar-refractivity contribution in [2.24, 2.45) is 0 Å². The van der Waals surface area contributed by atoms with Gasteiger partial charge >= 0.3 is 0 Å². The molecule has 0 saturated carbocycles. The summed E-state index contributed by atoms with van der Waals surface area (Å²) in [5.74, 6) is 0. The first kappa shape index (κ1) is 15.7. The molecule has 0 fully saturated rings. The number of fused-ring (bicyclic) bond motifs is 1. The van der Waals surface area contributed by atoms with Crippen molar-refractivity contribution in [1.82, 2.24) is 14.1 Å². The van der Waals surface area contributed by atoms with Crippen LogP contribution < -0.4 is 5.56 Å². The van der Waals surface area contributed by atoms with Crippen LogP contribution in [0.4, 0.5) is 0 Å². The van der Waals surface area contributed by atoms with Gasteiger partial charge in [0.2, 0.25) is 0 Å². The van der Waals surface area contributed by atoms with Gasteiger partial charge in [-0.3, -0.25) is 9.36 Å². The van der Waals surface area contributed by atoms with E-state index in [4.69, 9.17) is 11.6 Å². The number of aromatic nitrogens is 3. The number of rotatable bonds is 3. The summed E-state index contributed by atoms with van der Waals surface area (Å²) in [5.41, 5.74) is 3.41. The average molecular weight is 350 g/mol. The van der Waals surface area contributed by atoms with Gasteiger partial charge in [-0.1, -0.05) is 41.9 Å². The third kappa shape index (κ3) is 2.65. The Labute approximate surface area is 149 Å². The predicted octanol–water partition coefficient (Wildman–Crippen LogP) is 4.53. The zero-order valence-electron chi connectivity index (χ0n) is 13.7. The molecule has 0 aliphatic heterocycles. The molecule has 0 spiro atoms. The van der Waals surface area contributed by atoms with Crippen molar-refractivity contribution < 1.29 is 0 Å². The van der Waals surface area contributed by atoms with E-state index in [1.165, 1.54) is 0 Å². The molecule has 4 aromatic rings. The second-order valence-electron chi connectivity index (χ2n) is 5.79. The molecule has 0 amide bonds. The third-order valence-corrected chi connectivity index (χ3v) is 4.56. The van der Waals surface area contributed by atoms with Gasteiger partial charge in [0.05, 0.1) is 11.7 Å². The molecule has 0 N–H and O–H groups in total. The normalized spacial score (nSPS) is 11.1. The number of benzene rings is 2. The van der Waals surface area contributed by atoms with Crippen LogP contribution in [0.25, 0.3) is 27.8 Å². The van der Waals surface area contributed by atoms with E-state index >= 15 is 0 Å². The molecule has 0 bridgehead atoms. The van der Waals surface area contributed by atoms with Crippen LogP contribution in [0.1, 0.15) is 6.92 Å². The Bertz CT molecular complexity index is 1100. The van der Waals surface area contributed by atoms with Gasteiger partial charge < -0.3 is 4.57 Å². The molecule has 0 unspecified atom stereocenters. The highest BCUT2D eigenvalue weighted by atomic mass is 35.5. The molecule has 5 heteroatoms. The summed E-state index contributed by atoms with van der Waals surface area (Å²) in [4.78, 5) is 17.5. The second-order valence-corrected chi connectivity index (χ2v) is 6.23. The lowest BCUT2D eigenvalue weighted by Crippen LogP contribution is -2.19. The fourth-order valence-electron chi connectivity index (χ4n) is 3.01. The zero-order valence-corrected chi connectivity index (χ0v) is 14.4. The molecule has 2 heterocycles. The Morgan fingerprint density at radius 1 is 1.04 bits per heavy atom. The summed E-state index contributed by atoms with van der Waals surface area (Å²) in [6.07, 6.45) is 3.57. The van der Waals surface area contributed by atoms with Crippen molar-refractivity contribution >= 4 is 22.6 Å². The minimum Gasteiger partial charge on any atom is -0.300 e. The van der Waals surface area contributed by atoms with Crippen molar-refractivity contribution in [2.75, 3.05) is 0 Å². The summed E-state index contributed by atoms with van der Waals surface area (Å²) < 4.78 is 3.57. The summed E-state index contributed by atoms with van der Waals surface area (Å²) >= 11 is 6.01. The molecular weight excluding hydrogens is 334 g/mol. The molecule has 0 aliphatic carbocycles. The van der Waals surface area contributed by atoms with Crippen molar-refractivity contribution in [3.05, 3.63) is 82.5 Å². The lowest BCUT2D eigenvalue weighted by molar-refractivity contribution is 0.716. The Morgan fingerprint density at radius 3 is 2.44 bits per heavy atom. The first-order chi connectivity index (χ1) is 12.2. The van der Waals surface area contributed by atoms with E-state index in [0.717, 1.165) is 16.8 Å². The SMILES string of the molecule is CCn1cnc2c(c(-c3ccccc3)cn2-c2ccc(Cl)cc2)c1=O. The monoisotopic (exact) mass is 349 g/mol. The Hall–Kier alpha value is -2.85. The maximum Gasteiger partial charge on any atom is 0.263 e. The quantitative estimate of drug-likeness (QED) is 0.545. The van der Waals surface area contributed by atoms with Crippen molar-refractivity contribution in [3.8, 4) is 16.8 Å². The summed E-state index contributed by atoms with van der Waals surface area (Å²) in [6.45, 7) is 2.52. The van der Waals surface area contributed by atoms with Crippen LogP contribution in [0.2, 0.25) is 5.02 Å². The van der Waals surface area contributed by atoms with E-state index in [2.05, 4.69) is 4.98 Å². The molecule has 0 saturated heterocycles. The van der Waals surface area contributed by atoms with Gasteiger partial charge in [0.25, 0.3) is 5.56 Å². The van der Waals surface area contributed by atoms with Crippen molar-refractivity contribution in [2.45, 2.75) is 13.5 Å². The van der Waals surface area contributed by atoms with Crippen molar-refractivity contribution in [1.29, 1.82) is 0 Å².